The lowest BCUT2D eigenvalue weighted by Gasteiger charge is -2.58. The number of fused-ring (bicyclic) bond motifs is 5. The first-order chi connectivity index (χ1) is 11.0. The van der Waals surface area contributed by atoms with Crippen LogP contribution in [0.25, 0.3) is 0 Å². The Morgan fingerprint density at radius 3 is 2.70 bits per heavy atom. The van der Waals surface area contributed by atoms with Crippen LogP contribution in [0.3, 0.4) is 0 Å². The van der Waals surface area contributed by atoms with Gasteiger partial charge in [0.15, 0.2) is 5.78 Å². The Morgan fingerprint density at radius 1 is 1.09 bits per heavy atom. The molecule has 2 nitrogen and oxygen atoms in total. The van der Waals surface area contributed by atoms with Gasteiger partial charge in [0.25, 0.3) is 0 Å². The number of rotatable bonds is 1. The van der Waals surface area contributed by atoms with E-state index in [1.54, 1.807) is 0 Å². The molecule has 0 heterocycles. The van der Waals surface area contributed by atoms with E-state index in [0.717, 1.165) is 43.4 Å². The highest BCUT2D eigenvalue weighted by Crippen LogP contribution is 2.66. The third kappa shape index (κ3) is 2.07. The maximum absolute atomic E-state index is 11.9. The predicted octanol–water partition coefficient (Wildman–Crippen LogP) is 4.52. The third-order valence-corrected chi connectivity index (χ3v) is 8.30. The second kappa shape index (κ2) is 5.18. The van der Waals surface area contributed by atoms with Gasteiger partial charge in [-0.15, -0.1) is 0 Å². The Kier molecular flexibility index (Phi) is 3.47. The van der Waals surface area contributed by atoms with E-state index in [9.17, 15) is 9.59 Å². The van der Waals surface area contributed by atoms with Gasteiger partial charge in [-0.25, -0.2) is 4.79 Å². The van der Waals surface area contributed by atoms with Crippen molar-refractivity contribution in [3.8, 4) is 0 Å². The van der Waals surface area contributed by atoms with Crippen molar-refractivity contribution in [1.29, 1.82) is 0 Å². The monoisotopic (exact) mass is 312 g/mol. The fourth-order valence-corrected chi connectivity index (χ4v) is 6.96. The third-order valence-electron chi connectivity index (χ3n) is 8.30. The van der Waals surface area contributed by atoms with Crippen molar-refractivity contribution in [2.24, 2.45) is 34.5 Å². The van der Waals surface area contributed by atoms with E-state index in [1.807, 2.05) is 12.2 Å². The van der Waals surface area contributed by atoms with Gasteiger partial charge in [-0.05, 0) is 85.5 Å². The van der Waals surface area contributed by atoms with Gasteiger partial charge in [0, 0.05) is 12.5 Å². The molecule has 0 amide bonds. The fraction of sp³-hybridized carbons (Fsp3) is 0.762. The number of carbonyl (C=O) groups is 1. The molecular weight excluding hydrogens is 284 g/mol. The van der Waals surface area contributed by atoms with E-state index < -0.39 is 0 Å². The Hall–Kier alpha value is -1.14. The average molecular weight is 312 g/mol. The zero-order valence-electron chi connectivity index (χ0n) is 14.4. The second-order valence-corrected chi connectivity index (χ2v) is 8.98. The molecule has 0 aromatic heterocycles. The molecule has 0 saturated heterocycles. The number of ketones is 1. The summed E-state index contributed by atoms with van der Waals surface area (Å²) in [5, 5.41) is 0. The summed E-state index contributed by atoms with van der Waals surface area (Å²) in [5.41, 5.74) is 2.01. The van der Waals surface area contributed by atoms with Gasteiger partial charge < -0.3 is 0 Å². The van der Waals surface area contributed by atoms with E-state index in [4.69, 9.17) is 0 Å². The molecule has 0 radical (unpaired) electrons. The van der Waals surface area contributed by atoms with Crippen LogP contribution in [0.5, 0.6) is 0 Å². The molecule has 124 valence electrons. The minimum Gasteiger partial charge on any atom is -0.295 e. The summed E-state index contributed by atoms with van der Waals surface area (Å²) in [6.07, 6.45) is 12.9. The number of allylic oxidation sites excluding steroid dienone is 2. The smallest absolute Gasteiger partial charge is 0.155 e. The first-order valence-corrected chi connectivity index (χ1v) is 9.44. The molecule has 3 saturated carbocycles. The Bertz CT molecular complexity index is 611. The van der Waals surface area contributed by atoms with Crippen molar-refractivity contribution in [1.82, 2.24) is 0 Å². The lowest BCUT2D eigenvalue weighted by atomic mass is 9.47. The standard InChI is InChI=1S/C21H28O2/c1-20-11-8-19-17(18(20)6-4-14(20)9-12-22)5-3-15-13-16(23)7-10-21(15,19)2/h9,13-14,17-19H,3-8,10-11H2,1-2H3/t14-,17-,18-,19-,20+,21-/m0/s1. The van der Waals surface area contributed by atoms with Crippen LogP contribution in [0.1, 0.15) is 65.2 Å². The van der Waals surface area contributed by atoms with Crippen LogP contribution >= 0.6 is 0 Å². The molecule has 4 rings (SSSR count). The van der Waals surface area contributed by atoms with Crippen molar-refractivity contribution in [2.75, 3.05) is 0 Å². The van der Waals surface area contributed by atoms with Crippen molar-refractivity contribution < 1.29 is 9.59 Å². The van der Waals surface area contributed by atoms with Crippen LogP contribution in [-0.2, 0) is 9.59 Å². The minimum absolute atomic E-state index is 0.261. The van der Waals surface area contributed by atoms with Gasteiger partial charge >= 0.3 is 0 Å². The van der Waals surface area contributed by atoms with E-state index in [2.05, 4.69) is 19.8 Å². The summed E-state index contributed by atoms with van der Waals surface area (Å²) >= 11 is 0. The zero-order valence-corrected chi connectivity index (χ0v) is 14.4. The SMILES string of the molecule is C[C@]12CC[C@H]3[C@@H](CCC4=CC(=O)CC[C@@]43C)[C@@H]1CC[C@H]2C=C=O. The van der Waals surface area contributed by atoms with Gasteiger partial charge in [-0.2, -0.15) is 0 Å². The normalized spacial score (nSPS) is 48.6. The van der Waals surface area contributed by atoms with Crippen LogP contribution < -0.4 is 0 Å². The molecule has 4 aliphatic carbocycles. The van der Waals surface area contributed by atoms with Gasteiger partial charge in [0.1, 0.15) is 5.94 Å². The van der Waals surface area contributed by atoms with Crippen LogP contribution in [-0.4, -0.2) is 11.7 Å². The van der Waals surface area contributed by atoms with Crippen LogP contribution in [0, 0.1) is 34.5 Å². The average Bonchev–Trinajstić information content (AvgIpc) is 2.85. The number of hydrogen-bond donors (Lipinski definition) is 0. The molecule has 0 unspecified atom stereocenters. The Balaban J connectivity index is 1.67. The highest BCUT2D eigenvalue weighted by Gasteiger charge is 2.58. The molecule has 0 N–H and O–H groups in total. The molecule has 0 aliphatic heterocycles. The molecular formula is C21H28O2. The largest absolute Gasteiger partial charge is 0.295 e. The van der Waals surface area contributed by atoms with Crippen molar-refractivity contribution in [2.45, 2.75) is 65.2 Å². The molecule has 3 fully saturated rings. The number of carbonyl (C=O) groups excluding carboxylic acids is 2. The van der Waals surface area contributed by atoms with Gasteiger partial charge in [-0.3, -0.25) is 4.79 Å². The highest BCUT2D eigenvalue weighted by molar-refractivity contribution is 5.91. The molecule has 0 spiro atoms. The quantitative estimate of drug-likeness (QED) is 0.667. The van der Waals surface area contributed by atoms with E-state index >= 15 is 0 Å². The maximum atomic E-state index is 11.9. The second-order valence-electron chi connectivity index (χ2n) is 8.98. The molecule has 0 aromatic carbocycles. The summed E-state index contributed by atoms with van der Waals surface area (Å²) in [6.45, 7) is 4.86. The van der Waals surface area contributed by atoms with Gasteiger partial charge in [-0.1, -0.05) is 19.4 Å². The first kappa shape index (κ1) is 15.4. The summed E-state index contributed by atoms with van der Waals surface area (Å²) < 4.78 is 0. The Labute approximate surface area is 139 Å². The van der Waals surface area contributed by atoms with Gasteiger partial charge in [0.05, 0.1) is 0 Å². The lowest BCUT2D eigenvalue weighted by molar-refractivity contribution is -0.117. The maximum Gasteiger partial charge on any atom is 0.155 e. The van der Waals surface area contributed by atoms with E-state index in [0.29, 0.717) is 17.1 Å². The van der Waals surface area contributed by atoms with E-state index in [1.165, 1.54) is 31.3 Å². The number of hydrogen-bond acceptors (Lipinski definition) is 2. The lowest BCUT2D eigenvalue weighted by Crippen LogP contribution is -2.50. The summed E-state index contributed by atoms with van der Waals surface area (Å²) in [5.74, 6) is 5.14. The summed E-state index contributed by atoms with van der Waals surface area (Å²) in [6, 6.07) is 0. The van der Waals surface area contributed by atoms with Crippen molar-refractivity contribution in [3.63, 3.8) is 0 Å². The zero-order chi connectivity index (χ0) is 16.2. The predicted molar refractivity (Wildman–Crippen MR) is 90.5 cm³/mol. The topological polar surface area (TPSA) is 34.1 Å². The van der Waals surface area contributed by atoms with Crippen molar-refractivity contribution in [3.05, 3.63) is 17.7 Å². The molecule has 23 heavy (non-hydrogen) atoms. The van der Waals surface area contributed by atoms with Gasteiger partial charge in [0.2, 0.25) is 0 Å². The highest BCUT2D eigenvalue weighted by atomic mass is 16.1. The molecule has 4 aliphatic rings. The van der Waals surface area contributed by atoms with Crippen LogP contribution in [0.15, 0.2) is 17.7 Å². The van der Waals surface area contributed by atoms with Crippen molar-refractivity contribution >= 4 is 11.7 Å². The minimum atomic E-state index is 0.261. The Morgan fingerprint density at radius 2 is 1.91 bits per heavy atom. The molecule has 2 heteroatoms. The fourth-order valence-electron chi connectivity index (χ4n) is 6.96. The van der Waals surface area contributed by atoms with Crippen LogP contribution in [0.4, 0.5) is 0 Å². The molecule has 0 bridgehead atoms. The summed E-state index contributed by atoms with van der Waals surface area (Å²) in [7, 11) is 0. The first-order valence-electron chi connectivity index (χ1n) is 9.44. The molecule has 0 aromatic rings. The summed E-state index contributed by atoms with van der Waals surface area (Å²) in [4.78, 5) is 22.8. The molecule has 6 atom stereocenters. The van der Waals surface area contributed by atoms with Crippen LogP contribution in [0.2, 0.25) is 0 Å². The van der Waals surface area contributed by atoms with E-state index in [-0.39, 0.29) is 5.41 Å².